The molecule has 0 aliphatic heterocycles. The second-order valence-electron chi connectivity index (χ2n) is 6.16. The Morgan fingerprint density at radius 2 is 1.66 bits per heavy atom. The lowest BCUT2D eigenvalue weighted by Gasteiger charge is -2.15. The van der Waals surface area contributed by atoms with Gasteiger partial charge in [0.15, 0.2) is 11.9 Å². The number of esters is 1. The lowest BCUT2D eigenvalue weighted by molar-refractivity contribution is -0.123. The van der Waals surface area contributed by atoms with Gasteiger partial charge in [-0.15, -0.1) is 0 Å². The van der Waals surface area contributed by atoms with Gasteiger partial charge in [0.1, 0.15) is 0 Å². The van der Waals surface area contributed by atoms with Crippen molar-refractivity contribution in [1.29, 1.82) is 0 Å². The Hall–Kier alpha value is -3.04. The molecule has 8 nitrogen and oxygen atoms in total. The summed E-state index contributed by atoms with van der Waals surface area (Å²) in [7, 11) is -3.63. The Morgan fingerprint density at radius 1 is 1.03 bits per heavy atom. The third-order valence-electron chi connectivity index (χ3n) is 3.95. The molecule has 1 atom stereocenters. The van der Waals surface area contributed by atoms with Crippen molar-refractivity contribution in [3.8, 4) is 0 Å². The molecule has 9 heteroatoms. The molecule has 2 rings (SSSR count). The Kier molecular flexibility index (Phi) is 7.24. The third-order valence-corrected chi connectivity index (χ3v) is 5.51. The summed E-state index contributed by atoms with van der Waals surface area (Å²) in [6, 6.07) is 11.7. The molecule has 0 spiro atoms. The predicted molar refractivity (Wildman–Crippen MR) is 107 cm³/mol. The third kappa shape index (κ3) is 5.72. The normalized spacial score (nSPS) is 12.1. The number of sulfonamides is 1. The highest BCUT2D eigenvalue weighted by Gasteiger charge is 2.21. The highest BCUT2D eigenvalue weighted by molar-refractivity contribution is 7.89. The number of carbonyl (C=O) groups excluding carboxylic acids is 3. The molecule has 0 saturated carbocycles. The first-order valence-corrected chi connectivity index (χ1v) is 10.4. The zero-order valence-corrected chi connectivity index (χ0v) is 17.1. The molecule has 1 amide bonds. The summed E-state index contributed by atoms with van der Waals surface area (Å²) in [5.74, 6) is -1.59. The van der Waals surface area contributed by atoms with E-state index in [4.69, 9.17) is 4.74 Å². The molecule has 1 unspecified atom stereocenters. The van der Waals surface area contributed by atoms with Gasteiger partial charge in [-0.25, -0.2) is 17.9 Å². The molecule has 0 bridgehead atoms. The average Bonchev–Trinajstić information content (AvgIpc) is 2.68. The second kappa shape index (κ2) is 9.44. The Bertz CT molecular complexity index is 1020. The molecule has 0 aliphatic carbocycles. The average molecular weight is 418 g/mol. The van der Waals surface area contributed by atoms with Gasteiger partial charge in [0.05, 0.1) is 16.1 Å². The first-order valence-electron chi connectivity index (χ1n) is 8.87. The van der Waals surface area contributed by atoms with E-state index in [1.807, 2.05) is 0 Å². The van der Waals surface area contributed by atoms with E-state index in [1.165, 1.54) is 38.1 Å². The molecular formula is C20H22N2O6S. The molecule has 154 valence electrons. The molecule has 0 saturated heterocycles. The molecule has 0 aromatic heterocycles. The summed E-state index contributed by atoms with van der Waals surface area (Å²) in [5.41, 5.74) is 0.770. The van der Waals surface area contributed by atoms with Crippen LogP contribution in [-0.2, 0) is 19.6 Å². The van der Waals surface area contributed by atoms with E-state index in [0.717, 1.165) is 0 Å². The molecule has 0 aliphatic rings. The van der Waals surface area contributed by atoms with Crippen molar-refractivity contribution in [1.82, 2.24) is 4.72 Å². The van der Waals surface area contributed by atoms with Crippen LogP contribution in [0, 0.1) is 0 Å². The summed E-state index contributed by atoms with van der Waals surface area (Å²) < 4.78 is 31.3. The number of carbonyl (C=O) groups is 3. The van der Waals surface area contributed by atoms with Crippen LogP contribution in [0.2, 0.25) is 0 Å². The van der Waals surface area contributed by atoms with Crippen molar-refractivity contribution >= 4 is 33.4 Å². The number of hydrogen-bond donors (Lipinski definition) is 2. The van der Waals surface area contributed by atoms with Gasteiger partial charge in [-0.2, -0.15) is 0 Å². The molecule has 0 radical (unpaired) electrons. The molecule has 0 heterocycles. The van der Waals surface area contributed by atoms with E-state index in [9.17, 15) is 22.8 Å². The fourth-order valence-corrected chi connectivity index (χ4v) is 3.50. The lowest BCUT2D eigenvalue weighted by atomic mass is 10.1. The standard InChI is InChI=1S/C20H22N2O6S/c1-4-21-29(26,27)16-11-9-15(10-12-16)20(25)28-14(3)19(24)22-18-8-6-5-7-17(18)13(2)23/h5-12,14,21H,4H2,1-3H3,(H,22,24). The van der Waals surface area contributed by atoms with Crippen molar-refractivity contribution in [2.24, 2.45) is 0 Å². The number of ketones is 1. The predicted octanol–water partition coefficient (Wildman–Crippen LogP) is 2.37. The van der Waals surface area contributed by atoms with Crippen LogP contribution in [0.3, 0.4) is 0 Å². The Morgan fingerprint density at radius 3 is 2.24 bits per heavy atom. The van der Waals surface area contributed by atoms with Crippen molar-refractivity contribution in [3.05, 3.63) is 59.7 Å². The minimum atomic E-state index is -3.63. The summed E-state index contributed by atoms with van der Waals surface area (Å²) in [4.78, 5) is 36.2. The minimum absolute atomic E-state index is 0.0162. The number of Topliss-reactive ketones (excluding diaryl/α,β-unsaturated/α-hetero) is 1. The lowest BCUT2D eigenvalue weighted by Crippen LogP contribution is -2.30. The molecule has 2 aromatic carbocycles. The summed E-state index contributed by atoms with van der Waals surface area (Å²) >= 11 is 0. The number of anilines is 1. The van der Waals surface area contributed by atoms with Crippen molar-refractivity contribution < 1.29 is 27.5 Å². The SMILES string of the molecule is CCNS(=O)(=O)c1ccc(C(=O)OC(C)C(=O)Nc2ccccc2C(C)=O)cc1. The van der Waals surface area contributed by atoms with Gasteiger partial charge >= 0.3 is 5.97 Å². The number of amides is 1. The second-order valence-corrected chi connectivity index (χ2v) is 7.93. The van der Waals surface area contributed by atoms with Gasteiger partial charge in [-0.1, -0.05) is 19.1 Å². The van der Waals surface area contributed by atoms with E-state index < -0.39 is 28.0 Å². The maximum absolute atomic E-state index is 12.3. The van der Waals surface area contributed by atoms with E-state index in [2.05, 4.69) is 10.0 Å². The number of hydrogen-bond acceptors (Lipinski definition) is 6. The van der Waals surface area contributed by atoms with Crippen LogP contribution in [-0.4, -0.2) is 38.7 Å². The maximum Gasteiger partial charge on any atom is 0.338 e. The smallest absolute Gasteiger partial charge is 0.338 e. The largest absolute Gasteiger partial charge is 0.449 e. The first kappa shape index (κ1) is 22.3. The zero-order valence-electron chi connectivity index (χ0n) is 16.3. The van der Waals surface area contributed by atoms with Gasteiger partial charge in [-0.3, -0.25) is 9.59 Å². The minimum Gasteiger partial charge on any atom is -0.449 e. The van der Waals surface area contributed by atoms with Gasteiger partial charge in [0.2, 0.25) is 10.0 Å². The van der Waals surface area contributed by atoms with Crippen LogP contribution in [0.4, 0.5) is 5.69 Å². The number of nitrogens with one attached hydrogen (secondary N) is 2. The van der Waals surface area contributed by atoms with Gasteiger partial charge in [-0.05, 0) is 50.2 Å². The highest BCUT2D eigenvalue weighted by Crippen LogP contribution is 2.17. The van der Waals surface area contributed by atoms with Crippen molar-refractivity contribution in [2.75, 3.05) is 11.9 Å². The Labute approximate surface area is 169 Å². The first-order chi connectivity index (χ1) is 13.7. The zero-order chi connectivity index (χ0) is 21.6. The molecule has 29 heavy (non-hydrogen) atoms. The summed E-state index contributed by atoms with van der Waals surface area (Å²) in [6.07, 6.45) is -1.13. The van der Waals surface area contributed by atoms with E-state index in [1.54, 1.807) is 31.2 Å². The molecule has 0 fully saturated rings. The van der Waals surface area contributed by atoms with Gasteiger partial charge < -0.3 is 10.1 Å². The van der Waals surface area contributed by atoms with Crippen molar-refractivity contribution in [2.45, 2.75) is 31.8 Å². The van der Waals surface area contributed by atoms with Crippen LogP contribution in [0.5, 0.6) is 0 Å². The monoisotopic (exact) mass is 418 g/mol. The number of ether oxygens (including phenoxy) is 1. The van der Waals surface area contributed by atoms with Gasteiger partial charge in [0, 0.05) is 12.1 Å². The van der Waals surface area contributed by atoms with Crippen LogP contribution >= 0.6 is 0 Å². The maximum atomic E-state index is 12.3. The molecule has 2 N–H and O–H groups in total. The number of benzene rings is 2. The van der Waals surface area contributed by atoms with Crippen molar-refractivity contribution in [3.63, 3.8) is 0 Å². The molecule has 2 aromatic rings. The number of rotatable bonds is 8. The summed E-state index contributed by atoms with van der Waals surface area (Å²) in [5, 5.41) is 2.57. The summed E-state index contributed by atoms with van der Waals surface area (Å²) in [6.45, 7) is 4.68. The van der Waals surface area contributed by atoms with E-state index >= 15 is 0 Å². The van der Waals surface area contributed by atoms with Crippen LogP contribution in [0.15, 0.2) is 53.4 Å². The van der Waals surface area contributed by atoms with Crippen LogP contribution < -0.4 is 10.0 Å². The quantitative estimate of drug-likeness (QED) is 0.502. The fourth-order valence-electron chi connectivity index (χ4n) is 2.46. The molecular weight excluding hydrogens is 396 g/mol. The topological polar surface area (TPSA) is 119 Å². The van der Waals surface area contributed by atoms with E-state index in [-0.39, 0.29) is 22.8 Å². The van der Waals surface area contributed by atoms with Crippen LogP contribution in [0.1, 0.15) is 41.5 Å². The Balaban J connectivity index is 2.05. The van der Waals surface area contributed by atoms with Crippen LogP contribution in [0.25, 0.3) is 0 Å². The number of para-hydroxylation sites is 1. The van der Waals surface area contributed by atoms with E-state index in [0.29, 0.717) is 11.3 Å². The van der Waals surface area contributed by atoms with Gasteiger partial charge in [0.25, 0.3) is 5.91 Å². The fraction of sp³-hybridized carbons (Fsp3) is 0.250. The highest BCUT2D eigenvalue weighted by atomic mass is 32.2.